The third kappa shape index (κ3) is 5.19. The van der Waals surface area contributed by atoms with Gasteiger partial charge in [0.2, 0.25) is 5.91 Å². The normalized spacial score (nSPS) is 10.8. The van der Waals surface area contributed by atoms with Crippen LogP contribution in [0.15, 0.2) is 65.2 Å². The molecule has 0 radical (unpaired) electrons. The molecule has 7 heteroatoms. The Labute approximate surface area is 184 Å². The molecule has 0 fully saturated rings. The number of carbonyl (C=O) groups excluding carboxylic acids is 1. The summed E-state index contributed by atoms with van der Waals surface area (Å²) in [6.45, 7) is 4.58. The van der Waals surface area contributed by atoms with E-state index in [0.717, 1.165) is 27.4 Å². The summed E-state index contributed by atoms with van der Waals surface area (Å²) in [6, 6.07) is 17.6. The Hall–Kier alpha value is -3.45. The van der Waals surface area contributed by atoms with E-state index >= 15 is 0 Å². The highest BCUT2D eigenvalue weighted by Gasteiger charge is 2.14. The van der Waals surface area contributed by atoms with Crippen LogP contribution in [0.4, 0.5) is 5.13 Å². The van der Waals surface area contributed by atoms with Crippen molar-refractivity contribution in [3.05, 3.63) is 71.6 Å². The van der Waals surface area contributed by atoms with Gasteiger partial charge in [0.15, 0.2) is 16.8 Å². The number of aryl methyl sites for hydroxylation is 2. The van der Waals surface area contributed by atoms with Crippen LogP contribution in [-0.4, -0.2) is 22.5 Å². The molecule has 0 aliphatic rings. The number of amides is 1. The Morgan fingerprint density at radius 1 is 1.10 bits per heavy atom. The van der Waals surface area contributed by atoms with E-state index in [1.165, 1.54) is 11.3 Å². The monoisotopic (exact) mass is 433 g/mol. The lowest BCUT2D eigenvalue weighted by Gasteiger charge is -2.04. The molecule has 2 aromatic carbocycles. The van der Waals surface area contributed by atoms with Crippen molar-refractivity contribution in [1.29, 1.82) is 0 Å². The van der Waals surface area contributed by atoms with E-state index in [9.17, 15) is 4.79 Å². The summed E-state index contributed by atoms with van der Waals surface area (Å²) in [6.07, 6.45) is 2.39. The molecule has 2 heterocycles. The number of benzene rings is 2. The maximum Gasteiger partial charge on any atom is 0.226 e. The number of oxazole rings is 1. The minimum atomic E-state index is -0.119. The molecule has 0 bridgehead atoms. The second-order valence-electron chi connectivity index (χ2n) is 6.91. The van der Waals surface area contributed by atoms with Gasteiger partial charge in [0, 0.05) is 28.8 Å². The van der Waals surface area contributed by atoms with Gasteiger partial charge in [-0.2, -0.15) is 0 Å². The first-order valence-corrected chi connectivity index (χ1v) is 10.9. The molecule has 158 valence electrons. The number of rotatable bonds is 8. The number of nitrogens with zero attached hydrogens (tertiary/aromatic N) is 2. The molecule has 4 aromatic rings. The zero-order valence-corrected chi connectivity index (χ0v) is 18.2. The second kappa shape index (κ2) is 9.57. The highest BCUT2D eigenvalue weighted by Crippen LogP contribution is 2.31. The lowest BCUT2D eigenvalue weighted by Crippen LogP contribution is -2.12. The summed E-state index contributed by atoms with van der Waals surface area (Å²) in [5.74, 6) is 1.95. The number of ether oxygens (including phenoxy) is 1. The van der Waals surface area contributed by atoms with Gasteiger partial charge >= 0.3 is 0 Å². The minimum Gasteiger partial charge on any atom is -0.494 e. The summed E-state index contributed by atoms with van der Waals surface area (Å²) < 4.78 is 11.3. The fourth-order valence-electron chi connectivity index (χ4n) is 3.16. The van der Waals surface area contributed by atoms with E-state index in [0.29, 0.717) is 29.8 Å². The van der Waals surface area contributed by atoms with Crippen molar-refractivity contribution in [3.8, 4) is 28.3 Å². The summed E-state index contributed by atoms with van der Waals surface area (Å²) in [5, 5.41) is 3.47. The molecular formula is C24H23N3O3S. The van der Waals surface area contributed by atoms with Crippen molar-refractivity contribution in [2.75, 3.05) is 11.9 Å². The van der Waals surface area contributed by atoms with Crippen LogP contribution in [0.5, 0.6) is 5.75 Å². The number of anilines is 1. The molecule has 6 nitrogen and oxygen atoms in total. The molecule has 0 atom stereocenters. The molecular weight excluding hydrogens is 410 g/mol. The van der Waals surface area contributed by atoms with Crippen molar-refractivity contribution in [2.24, 2.45) is 0 Å². The van der Waals surface area contributed by atoms with Gasteiger partial charge in [-0.25, -0.2) is 9.97 Å². The van der Waals surface area contributed by atoms with Gasteiger partial charge < -0.3 is 14.5 Å². The van der Waals surface area contributed by atoms with Crippen LogP contribution in [0.2, 0.25) is 0 Å². The van der Waals surface area contributed by atoms with Crippen LogP contribution in [0, 0.1) is 6.92 Å². The molecule has 0 aliphatic carbocycles. The SMILES string of the molecule is CCOc1ccc(-c2nc(NC(=O)CCc3ncc(-c4ccccc4)o3)sc2C)cc1. The highest BCUT2D eigenvalue weighted by atomic mass is 32.1. The van der Waals surface area contributed by atoms with Gasteiger partial charge in [-0.15, -0.1) is 11.3 Å². The van der Waals surface area contributed by atoms with Crippen molar-refractivity contribution < 1.29 is 13.9 Å². The number of aromatic nitrogens is 2. The quantitative estimate of drug-likeness (QED) is 0.383. The van der Waals surface area contributed by atoms with Crippen molar-refractivity contribution in [2.45, 2.75) is 26.7 Å². The maximum atomic E-state index is 12.4. The molecule has 1 amide bonds. The average Bonchev–Trinajstić information content (AvgIpc) is 3.40. The van der Waals surface area contributed by atoms with Crippen LogP contribution in [0.1, 0.15) is 24.1 Å². The minimum absolute atomic E-state index is 0.119. The molecule has 0 saturated heterocycles. The zero-order chi connectivity index (χ0) is 21.6. The summed E-state index contributed by atoms with van der Waals surface area (Å²) >= 11 is 1.46. The lowest BCUT2D eigenvalue weighted by atomic mass is 10.1. The van der Waals surface area contributed by atoms with Crippen LogP contribution < -0.4 is 10.1 Å². The smallest absolute Gasteiger partial charge is 0.226 e. The number of thiazole rings is 1. The molecule has 1 N–H and O–H groups in total. The van der Waals surface area contributed by atoms with E-state index in [1.807, 2.05) is 68.4 Å². The van der Waals surface area contributed by atoms with E-state index in [1.54, 1.807) is 6.20 Å². The van der Waals surface area contributed by atoms with Crippen LogP contribution >= 0.6 is 11.3 Å². The summed E-state index contributed by atoms with van der Waals surface area (Å²) in [7, 11) is 0. The number of hydrogen-bond donors (Lipinski definition) is 1. The van der Waals surface area contributed by atoms with Crippen LogP contribution in [-0.2, 0) is 11.2 Å². The van der Waals surface area contributed by atoms with E-state index in [-0.39, 0.29) is 12.3 Å². The molecule has 0 spiro atoms. The van der Waals surface area contributed by atoms with E-state index < -0.39 is 0 Å². The second-order valence-corrected chi connectivity index (χ2v) is 8.12. The molecule has 0 saturated carbocycles. The Morgan fingerprint density at radius 3 is 2.61 bits per heavy atom. The lowest BCUT2D eigenvalue weighted by molar-refractivity contribution is -0.116. The number of nitrogens with one attached hydrogen (secondary N) is 1. The number of hydrogen-bond acceptors (Lipinski definition) is 6. The fourth-order valence-corrected chi connectivity index (χ4v) is 4.01. The summed E-state index contributed by atoms with van der Waals surface area (Å²) in [5.41, 5.74) is 2.82. The van der Waals surface area contributed by atoms with E-state index in [2.05, 4.69) is 15.3 Å². The Morgan fingerprint density at radius 2 is 1.87 bits per heavy atom. The van der Waals surface area contributed by atoms with E-state index in [4.69, 9.17) is 9.15 Å². The van der Waals surface area contributed by atoms with Gasteiger partial charge in [-0.1, -0.05) is 30.3 Å². The van der Waals surface area contributed by atoms with Crippen molar-refractivity contribution in [3.63, 3.8) is 0 Å². The molecule has 2 aromatic heterocycles. The van der Waals surface area contributed by atoms with Crippen LogP contribution in [0.3, 0.4) is 0 Å². The predicted octanol–water partition coefficient (Wildman–Crippen LogP) is 5.74. The van der Waals surface area contributed by atoms with Gasteiger partial charge in [0.25, 0.3) is 0 Å². The first kappa shape index (κ1) is 20.8. The number of carbonyl (C=O) groups is 1. The first-order chi connectivity index (χ1) is 15.1. The maximum absolute atomic E-state index is 12.4. The zero-order valence-electron chi connectivity index (χ0n) is 17.4. The Balaban J connectivity index is 1.35. The molecule has 31 heavy (non-hydrogen) atoms. The van der Waals surface area contributed by atoms with Gasteiger partial charge in [-0.05, 0) is 38.1 Å². The fraction of sp³-hybridized carbons (Fsp3) is 0.208. The highest BCUT2D eigenvalue weighted by molar-refractivity contribution is 7.16. The van der Waals surface area contributed by atoms with Crippen molar-refractivity contribution >= 4 is 22.4 Å². The Bertz CT molecular complexity index is 1150. The first-order valence-electron chi connectivity index (χ1n) is 10.1. The molecule has 4 rings (SSSR count). The van der Waals surface area contributed by atoms with Gasteiger partial charge in [0.05, 0.1) is 18.5 Å². The van der Waals surface area contributed by atoms with Crippen molar-refractivity contribution in [1.82, 2.24) is 9.97 Å². The largest absolute Gasteiger partial charge is 0.494 e. The predicted molar refractivity (Wildman–Crippen MR) is 122 cm³/mol. The average molecular weight is 434 g/mol. The third-order valence-corrected chi connectivity index (χ3v) is 5.55. The molecule has 0 unspecified atom stereocenters. The third-order valence-electron chi connectivity index (χ3n) is 4.66. The van der Waals surface area contributed by atoms with Crippen LogP contribution in [0.25, 0.3) is 22.6 Å². The standard InChI is InChI=1S/C24H23N3O3S/c1-3-29-19-11-9-18(10-12-19)23-16(2)31-24(27-23)26-21(28)13-14-22-25-15-20(30-22)17-7-5-4-6-8-17/h4-12,15H,3,13-14H2,1-2H3,(H,26,27,28). The van der Waals surface area contributed by atoms with Gasteiger partial charge in [0.1, 0.15) is 5.75 Å². The molecule has 0 aliphatic heterocycles. The summed E-state index contributed by atoms with van der Waals surface area (Å²) in [4.78, 5) is 22.3. The Kier molecular flexibility index (Phi) is 6.43. The van der Waals surface area contributed by atoms with Gasteiger partial charge in [-0.3, -0.25) is 4.79 Å². The topological polar surface area (TPSA) is 77.2 Å².